The molecular formula is C20H36N4O8. The Balaban J connectivity index is 5.28. The first-order chi connectivity index (χ1) is 14.8. The van der Waals surface area contributed by atoms with Crippen molar-refractivity contribution in [3.8, 4) is 0 Å². The maximum Gasteiger partial charge on any atom is 0.326 e. The van der Waals surface area contributed by atoms with Crippen LogP contribution in [0.4, 0.5) is 0 Å². The second-order valence-electron chi connectivity index (χ2n) is 8.18. The molecule has 32 heavy (non-hydrogen) atoms. The molecule has 0 aliphatic carbocycles. The number of nitrogens with one attached hydrogen (secondary N) is 3. The number of hydrogen-bond donors (Lipinski definition) is 7. The van der Waals surface area contributed by atoms with E-state index in [0.29, 0.717) is 6.42 Å². The molecule has 8 N–H and O–H groups in total. The summed E-state index contributed by atoms with van der Waals surface area (Å²) in [5.74, 6) is -5.08. The van der Waals surface area contributed by atoms with Gasteiger partial charge in [0.2, 0.25) is 17.7 Å². The Bertz CT molecular complexity index is 670. The SMILES string of the molecule is CCC(C)C(NC(=O)C(CO)NC(=O)C(N)CCC(=O)O)C(=O)NC(CC(C)C)C(=O)O. The summed E-state index contributed by atoms with van der Waals surface area (Å²) in [5, 5.41) is 34.7. The van der Waals surface area contributed by atoms with Gasteiger partial charge in [-0.2, -0.15) is 0 Å². The number of hydrogen-bond acceptors (Lipinski definition) is 7. The van der Waals surface area contributed by atoms with E-state index in [-0.39, 0.29) is 31.1 Å². The Morgan fingerprint density at radius 1 is 0.875 bits per heavy atom. The van der Waals surface area contributed by atoms with Crippen LogP contribution in [0.3, 0.4) is 0 Å². The van der Waals surface area contributed by atoms with Gasteiger partial charge < -0.3 is 37.0 Å². The number of carbonyl (C=O) groups excluding carboxylic acids is 3. The number of carbonyl (C=O) groups is 5. The van der Waals surface area contributed by atoms with Gasteiger partial charge in [0.1, 0.15) is 18.1 Å². The van der Waals surface area contributed by atoms with Gasteiger partial charge in [-0.3, -0.25) is 19.2 Å². The summed E-state index contributed by atoms with van der Waals surface area (Å²) in [4.78, 5) is 59.5. The van der Waals surface area contributed by atoms with E-state index in [0.717, 1.165) is 0 Å². The second kappa shape index (κ2) is 14.4. The molecule has 5 unspecified atom stereocenters. The number of rotatable bonds is 15. The summed E-state index contributed by atoms with van der Waals surface area (Å²) in [7, 11) is 0. The monoisotopic (exact) mass is 460 g/mol. The largest absolute Gasteiger partial charge is 0.481 e. The number of carboxylic acids is 2. The van der Waals surface area contributed by atoms with Crippen molar-refractivity contribution >= 4 is 29.7 Å². The summed E-state index contributed by atoms with van der Waals surface area (Å²) in [6.45, 7) is 6.31. The van der Waals surface area contributed by atoms with Gasteiger partial charge in [0.05, 0.1) is 12.6 Å². The number of aliphatic hydroxyl groups excluding tert-OH is 1. The van der Waals surface area contributed by atoms with Crippen LogP contribution in [-0.2, 0) is 24.0 Å². The van der Waals surface area contributed by atoms with Crippen LogP contribution in [0.2, 0.25) is 0 Å². The van der Waals surface area contributed by atoms with Gasteiger partial charge in [-0.1, -0.05) is 34.1 Å². The van der Waals surface area contributed by atoms with E-state index in [1.165, 1.54) is 0 Å². The van der Waals surface area contributed by atoms with Crippen LogP contribution < -0.4 is 21.7 Å². The Hall–Kier alpha value is -2.73. The lowest BCUT2D eigenvalue weighted by atomic mass is 9.96. The average Bonchev–Trinajstić information content (AvgIpc) is 2.71. The Labute approximate surface area is 187 Å². The molecule has 5 atom stereocenters. The van der Waals surface area contributed by atoms with Crippen molar-refractivity contribution in [1.29, 1.82) is 0 Å². The number of nitrogens with two attached hydrogens (primary N) is 1. The quantitative estimate of drug-likeness (QED) is 0.156. The first kappa shape index (κ1) is 29.3. The minimum atomic E-state index is -1.43. The molecule has 12 nitrogen and oxygen atoms in total. The molecule has 0 aliphatic rings. The molecule has 184 valence electrons. The molecule has 0 saturated heterocycles. The molecule has 3 amide bonds. The van der Waals surface area contributed by atoms with Gasteiger partial charge in [0.25, 0.3) is 0 Å². The van der Waals surface area contributed by atoms with Crippen LogP contribution in [0.15, 0.2) is 0 Å². The van der Waals surface area contributed by atoms with E-state index in [2.05, 4.69) is 16.0 Å². The molecule has 0 aromatic carbocycles. The Morgan fingerprint density at radius 3 is 1.88 bits per heavy atom. The molecule has 0 bridgehead atoms. The lowest BCUT2D eigenvalue weighted by Crippen LogP contribution is -2.59. The highest BCUT2D eigenvalue weighted by Crippen LogP contribution is 2.11. The third-order valence-electron chi connectivity index (χ3n) is 4.94. The van der Waals surface area contributed by atoms with E-state index in [9.17, 15) is 34.2 Å². The Morgan fingerprint density at radius 2 is 1.44 bits per heavy atom. The first-order valence-electron chi connectivity index (χ1n) is 10.6. The third kappa shape index (κ3) is 10.5. The molecule has 0 radical (unpaired) electrons. The lowest BCUT2D eigenvalue weighted by molar-refractivity contribution is -0.143. The molecule has 12 heteroatoms. The van der Waals surface area contributed by atoms with E-state index in [1.54, 1.807) is 13.8 Å². The van der Waals surface area contributed by atoms with Crippen LogP contribution in [0.25, 0.3) is 0 Å². The van der Waals surface area contributed by atoms with Crippen molar-refractivity contribution < 1.29 is 39.3 Å². The summed E-state index contributed by atoms with van der Waals surface area (Å²) in [6.07, 6.45) is 0.176. The highest BCUT2D eigenvalue weighted by molar-refractivity contribution is 5.94. The Kier molecular flexibility index (Phi) is 13.1. The van der Waals surface area contributed by atoms with E-state index < -0.39 is 60.4 Å². The second-order valence-corrected chi connectivity index (χ2v) is 8.18. The van der Waals surface area contributed by atoms with E-state index in [1.807, 2.05) is 13.8 Å². The number of aliphatic hydroxyl groups is 1. The van der Waals surface area contributed by atoms with Crippen LogP contribution in [0.5, 0.6) is 0 Å². The zero-order chi connectivity index (χ0) is 25.0. The van der Waals surface area contributed by atoms with Gasteiger partial charge >= 0.3 is 11.9 Å². The van der Waals surface area contributed by atoms with E-state index in [4.69, 9.17) is 10.8 Å². The zero-order valence-corrected chi connectivity index (χ0v) is 19.0. The fourth-order valence-corrected chi connectivity index (χ4v) is 2.79. The van der Waals surface area contributed by atoms with Crippen molar-refractivity contribution in [1.82, 2.24) is 16.0 Å². The molecule has 0 fully saturated rings. The van der Waals surface area contributed by atoms with Crippen LogP contribution in [0, 0.1) is 11.8 Å². The predicted molar refractivity (Wildman–Crippen MR) is 114 cm³/mol. The standard InChI is InChI=1S/C20H36N4O8/c1-5-11(4)16(19(30)22-13(20(31)32)8-10(2)3)24-18(29)14(9-25)23-17(28)12(21)6-7-15(26)27/h10-14,16,25H,5-9,21H2,1-4H3,(H,22,30)(H,23,28)(H,24,29)(H,26,27)(H,31,32). The normalized spacial score (nSPS) is 15.7. The lowest BCUT2D eigenvalue weighted by Gasteiger charge is -2.28. The minimum Gasteiger partial charge on any atom is -0.481 e. The molecule has 0 rings (SSSR count). The maximum atomic E-state index is 12.8. The van der Waals surface area contributed by atoms with Crippen molar-refractivity contribution in [2.75, 3.05) is 6.61 Å². The maximum absolute atomic E-state index is 12.8. The van der Waals surface area contributed by atoms with Gasteiger partial charge in [0, 0.05) is 6.42 Å². The minimum absolute atomic E-state index is 0.00681. The molecule has 0 aromatic heterocycles. The van der Waals surface area contributed by atoms with Gasteiger partial charge in [0.15, 0.2) is 0 Å². The van der Waals surface area contributed by atoms with Crippen molar-refractivity contribution in [3.05, 3.63) is 0 Å². The molecule has 0 aliphatic heterocycles. The topological polar surface area (TPSA) is 208 Å². The summed E-state index contributed by atoms with van der Waals surface area (Å²) < 4.78 is 0. The zero-order valence-electron chi connectivity index (χ0n) is 19.0. The van der Waals surface area contributed by atoms with Crippen LogP contribution in [0.1, 0.15) is 53.4 Å². The van der Waals surface area contributed by atoms with Gasteiger partial charge in [-0.15, -0.1) is 0 Å². The van der Waals surface area contributed by atoms with E-state index >= 15 is 0 Å². The van der Waals surface area contributed by atoms with Gasteiger partial charge in [-0.05, 0) is 24.7 Å². The van der Waals surface area contributed by atoms with Crippen molar-refractivity contribution in [2.24, 2.45) is 17.6 Å². The fourth-order valence-electron chi connectivity index (χ4n) is 2.79. The number of carboxylic acid groups (broad SMARTS) is 2. The van der Waals surface area contributed by atoms with Crippen molar-refractivity contribution in [2.45, 2.75) is 77.5 Å². The summed E-state index contributed by atoms with van der Waals surface area (Å²) >= 11 is 0. The molecule has 0 aromatic rings. The molecule has 0 heterocycles. The van der Waals surface area contributed by atoms with Crippen LogP contribution >= 0.6 is 0 Å². The number of aliphatic carboxylic acids is 2. The fraction of sp³-hybridized carbons (Fsp3) is 0.750. The number of amides is 3. The highest BCUT2D eigenvalue weighted by atomic mass is 16.4. The van der Waals surface area contributed by atoms with Crippen LogP contribution in [-0.4, -0.2) is 75.8 Å². The molecule has 0 spiro atoms. The average molecular weight is 461 g/mol. The molecule has 0 saturated carbocycles. The summed E-state index contributed by atoms with van der Waals surface area (Å²) in [5.41, 5.74) is 5.60. The summed E-state index contributed by atoms with van der Waals surface area (Å²) in [6, 6.07) is -4.86. The predicted octanol–water partition coefficient (Wildman–Crippen LogP) is -1.20. The third-order valence-corrected chi connectivity index (χ3v) is 4.94. The smallest absolute Gasteiger partial charge is 0.326 e. The molecular weight excluding hydrogens is 424 g/mol. The highest BCUT2D eigenvalue weighted by Gasteiger charge is 2.32. The van der Waals surface area contributed by atoms with Crippen molar-refractivity contribution in [3.63, 3.8) is 0 Å². The van der Waals surface area contributed by atoms with Gasteiger partial charge in [-0.25, -0.2) is 4.79 Å². The first-order valence-corrected chi connectivity index (χ1v) is 10.6.